The maximum absolute atomic E-state index is 5.74. The second kappa shape index (κ2) is 7.53. The molecule has 0 amide bonds. The second-order valence-corrected chi connectivity index (χ2v) is 8.78. The highest BCUT2D eigenvalue weighted by atomic mass is 32.1. The maximum atomic E-state index is 5.74. The van der Waals surface area contributed by atoms with E-state index < -0.39 is 0 Å². The zero-order chi connectivity index (χ0) is 18.1. The number of rotatable bonds is 5. The second-order valence-electron chi connectivity index (χ2n) is 7.74. The standard InChI is InChI=1S/C20H28N4OS/c1-14(2)12-19-21-22-20(26-19)24-9-7-23(8-10-24)15(3)17-5-4-16-6-11-25-18(16)13-17/h4-5,13-15H,6-12H2,1-3H3. The Morgan fingerprint density at radius 1 is 1.12 bits per heavy atom. The first-order valence-corrected chi connectivity index (χ1v) is 10.5. The molecule has 1 fully saturated rings. The first-order chi connectivity index (χ1) is 12.6. The number of nitrogens with zero attached hydrogens (tertiary/aromatic N) is 4. The van der Waals surface area contributed by atoms with Crippen LogP contribution < -0.4 is 9.64 Å². The largest absolute Gasteiger partial charge is 0.493 e. The van der Waals surface area contributed by atoms with Gasteiger partial charge in [0.05, 0.1) is 6.61 Å². The first kappa shape index (κ1) is 17.7. The van der Waals surface area contributed by atoms with Gasteiger partial charge in [0.2, 0.25) is 5.13 Å². The summed E-state index contributed by atoms with van der Waals surface area (Å²) in [4.78, 5) is 4.94. The van der Waals surface area contributed by atoms with Gasteiger partial charge < -0.3 is 9.64 Å². The van der Waals surface area contributed by atoms with Gasteiger partial charge in [-0.05, 0) is 30.0 Å². The van der Waals surface area contributed by atoms with Gasteiger partial charge >= 0.3 is 0 Å². The Morgan fingerprint density at radius 3 is 2.69 bits per heavy atom. The zero-order valence-corrected chi connectivity index (χ0v) is 16.8. The van der Waals surface area contributed by atoms with E-state index in [2.05, 4.69) is 59.0 Å². The van der Waals surface area contributed by atoms with Crippen molar-refractivity contribution in [1.82, 2.24) is 15.1 Å². The molecule has 1 aromatic heterocycles. The number of fused-ring (bicyclic) bond motifs is 1. The third-order valence-electron chi connectivity index (χ3n) is 5.37. The van der Waals surface area contributed by atoms with Gasteiger partial charge in [-0.15, -0.1) is 10.2 Å². The minimum atomic E-state index is 0.414. The summed E-state index contributed by atoms with van der Waals surface area (Å²) in [6.07, 6.45) is 2.07. The fourth-order valence-electron chi connectivity index (χ4n) is 3.76. The lowest BCUT2D eigenvalue weighted by Gasteiger charge is -2.38. The van der Waals surface area contributed by atoms with E-state index in [1.54, 1.807) is 11.3 Å². The van der Waals surface area contributed by atoms with E-state index in [0.717, 1.165) is 61.5 Å². The molecule has 5 nitrogen and oxygen atoms in total. The highest BCUT2D eigenvalue weighted by Crippen LogP contribution is 2.31. The molecule has 0 saturated carbocycles. The predicted molar refractivity (Wildman–Crippen MR) is 106 cm³/mol. The van der Waals surface area contributed by atoms with Crippen molar-refractivity contribution in [1.29, 1.82) is 0 Å². The average molecular weight is 373 g/mol. The summed E-state index contributed by atoms with van der Waals surface area (Å²) in [6, 6.07) is 7.16. The predicted octanol–water partition coefficient (Wildman–Crippen LogP) is 3.55. The van der Waals surface area contributed by atoms with E-state index in [1.807, 2.05) is 0 Å². The molecule has 3 heterocycles. The van der Waals surface area contributed by atoms with E-state index in [9.17, 15) is 0 Å². The van der Waals surface area contributed by atoms with Crippen molar-refractivity contribution in [2.45, 2.75) is 39.7 Å². The van der Waals surface area contributed by atoms with Gasteiger partial charge in [0.15, 0.2) is 0 Å². The van der Waals surface area contributed by atoms with Crippen LogP contribution in [0.15, 0.2) is 18.2 Å². The molecular formula is C20H28N4OS. The van der Waals surface area contributed by atoms with Crippen molar-refractivity contribution < 1.29 is 4.74 Å². The van der Waals surface area contributed by atoms with Crippen LogP contribution in [0.2, 0.25) is 0 Å². The molecule has 1 atom stereocenters. The third-order valence-corrected chi connectivity index (χ3v) is 6.38. The summed E-state index contributed by atoms with van der Waals surface area (Å²) >= 11 is 1.76. The molecule has 4 rings (SSSR count). The minimum absolute atomic E-state index is 0.414. The summed E-state index contributed by atoms with van der Waals surface area (Å²) in [7, 11) is 0. The van der Waals surface area contributed by atoms with Crippen LogP contribution in [0.4, 0.5) is 5.13 Å². The summed E-state index contributed by atoms with van der Waals surface area (Å²) in [5.74, 6) is 1.71. The molecule has 2 aliphatic heterocycles. The number of aromatic nitrogens is 2. The molecule has 6 heteroatoms. The Hall–Kier alpha value is -1.66. The molecule has 2 aromatic rings. The average Bonchev–Trinajstić information content (AvgIpc) is 3.29. The van der Waals surface area contributed by atoms with Crippen molar-refractivity contribution >= 4 is 16.5 Å². The van der Waals surface area contributed by atoms with Crippen LogP contribution in [0.3, 0.4) is 0 Å². The lowest BCUT2D eigenvalue weighted by Crippen LogP contribution is -2.47. The molecule has 0 aliphatic carbocycles. The van der Waals surface area contributed by atoms with E-state index in [-0.39, 0.29) is 0 Å². The van der Waals surface area contributed by atoms with Crippen molar-refractivity contribution in [2.75, 3.05) is 37.7 Å². The Morgan fingerprint density at radius 2 is 1.92 bits per heavy atom. The summed E-state index contributed by atoms with van der Waals surface area (Å²) in [5, 5.41) is 11.0. The van der Waals surface area contributed by atoms with E-state index in [0.29, 0.717) is 12.0 Å². The Balaban J connectivity index is 1.36. The van der Waals surface area contributed by atoms with E-state index >= 15 is 0 Å². The SMILES string of the molecule is CC(C)Cc1nnc(N2CCN(C(C)c3ccc4c(c3)OCC4)CC2)s1. The van der Waals surface area contributed by atoms with E-state index in [4.69, 9.17) is 4.74 Å². The lowest BCUT2D eigenvalue weighted by atomic mass is 10.0. The van der Waals surface area contributed by atoms with Gasteiger partial charge in [0.25, 0.3) is 0 Å². The van der Waals surface area contributed by atoms with Crippen molar-refractivity contribution in [3.63, 3.8) is 0 Å². The highest BCUT2D eigenvalue weighted by Gasteiger charge is 2.25. The highest BCUT2D eigenvalue weighted by molar-refractivity contribution is 7.15. The Labute approximate surface area is 160 Å². The fourth-order valence-corrected chi connectivity index (χ4v) is 4.86. The van der Waals surface area contributed by atoms with Crippen LogP contribution in [0.1, 0.15) is 42.9 Å². The molecule has 0 N–H and O–H groups in total. The van der Waals surface area contributed by atoms with Crippen molar-refractivity contribution in [2.24, 2.45) is 5.92 Å². The van der Waals surface area contributed by atoms with Gasteiger partial charge in [0, 0.05) is 45.1 Å². The monoisotopic (exact) mass is 372 g/mol. The number of anilines is 1. The van der Waals surface area contributed by atoms with Gasteiger partial charge in [-0.1, -0.05) is 37.3 Å². The quantitative estimate of drug-likeness (QED) is 0.803. The number of hydrogen-bond donors (Lipinski definition) is 0. The van der Waals surface area contributed by atoms with Crippen LogP contribution in [-0.2, 0) is 12.8 Å². The number of ether oxygens (including phenoxy) is 1. The van der Waals surface area contributed by atoms with Crippen molar-refractivity contribution in [3.05, 3.63) is 34.3 Å². The molecule has 1 saturated heterocycles. The molecule has 1 aromatic carbocycles. The summed E-state index contributed by atoms with van der Waals surface area (Å²) < 4.78 is 5.74. The molecule has 140 valence electrons. The van der Waals surface area contributed by atoms with Gasteiger partial charge in [0.1, 0.15) is 10.8 Å². The topological polar surface area (TPSA) is 41.5 Å². The van der Waals surface area contributed by atoms with Crippen LogP contribution in [0.5, 0.6) is 5.75 Å². The smallest absolute Gasteiger partial charge is 0.208 e. The van der Waals surface area contributed by atoms with E-state index in [1.165, 1.54) is 11.1 Å². The summed E-state index contributed by atoms with van der Waals surface area (Å²) in [5.41, 5.74) is 2.70. The fraction of sp³-hybridized carbons (Fsp3) is 0.600. The lowest BCUT2D eigenvalue weighted by molar-refractivity contribution is 0.198. The van der Waals surface area contributed by atoms with Gasteiger partial charge in [-0.2, -0.15) is 0 Å². The van der Waals surface area contributed by atoms with Gasteiger partial charge in [-0.25, -0.2) is 0 Å². The third kappa shape index (κ3) is 3.71. The molecule has 0 spiro atoms. The Bertz CT molecular complexity index is 752. The van der Waals surface area contributed by atoms with Crippen molar-refractivity contribution in [3.8, 4) is 5.75 Å². The summed E-state index contributed by atoms with van der Waals surface area (Å²) in [6.45, 7) is 11.7. The zero-order valence-electron chi connectivity index (χ0n) is 15.9. The normalized spacial score (nSPS) is 18.8. The molecule has 1 unspecified atom stereocenters. The number of piperazine rings is 1. The van der Waals surface area contributed by atoms with Crippen LogP contribution in [-0.4, -0.2) is 47.9 Å². The van der Waals surface area contributed by atoms with Crippen LogP contribution in [0.25, 0.3) is 0 Å². The van der Waals surface area contributed by atoms with Crippen LogP contribution in [0, 0.1) is 5.92 Å². The maximum Gasteiger partial charge on any atom is 0.208 e. The van der Waals surface area contributed by atoms with Crippen LogP contribution >= 0.6 is 11.3 Å². The minimum Gasteiger partial charge on any atom is -0.493 e. The number of hydrogen-bond acceptors (Lipinski definition) is 6. The molecule has 0 bridgehead atoms. The number of benzene rings is 1. The molecule has 2 aliphatic rings. The Kier molecular flexibility index (Phi) is 5.14. The molecule has 0 radical (unpaired) electrons. The first-order valence-electron chi connectivity index (χ1n) is 9.67. The van der Waals surface area contributed by atoms with Gasteiger partial charge in [-0.3, -0.25) is 4.90 Å². The molecular weight excluding hydrogens is 344 g/mol. The molecule has 26 heavy (non-hydrogen) atoms.